The van der Waals surface area contributed by atoms with Gasteiger partial charge in [-0.05, 0) is 37.7 Å². The molecule has 8 heteroatoms. The zero-order valence-corrected chi connectivity index (χ0v) is 18.4. The second-order valence-corrected chi connectivity index (χ2v) is 9.11. The molecule has 1 aromatic rings. The number of carbonyl (C=O) groups excluding carboxylic acids is 2. The Morgan fingerprint density at radius 1 is 1.00 bits per heavy atom. The minimum absolute atomic E-state index is 0.0561. The molecule has 30 heavy (non-hydrogen) atoms. The van der Waals surface area contributed by atoms with Crippen LogP contribution in [0.1, 0.15) is 43.0 Å². The lowest BCUT2D eigenvalue weighted by molar-refractivity contribution is -0.137. The average Bonchev–Trinajstić information content (AvgIpc) is 2.79. The van der Waals surface area contributed by atoms with E-state index < -0.39 is 0 Å². The van der Waals surface area contributed by atoms with Gasteiger partial charge in [0.1, 0.15) is 5.82 Å². The second kappa shape index (κ2) is 9.52. The first-order valence-corrected chi connectivity index (χ1v) is 11.5. The minimum atomic E-state index is -0.0561. The largest absolute Gasteiger partial charge is 0.378 e. The zero-order valence-electron chi connectivity index (χ0n) is 17.7. The van der Waals surface area contributed by atoms with Gasteiger partial charge in [0.05, 0.1) is 23.8 Å². The van der Waals surface area contributed by atoms with Crippen molar-refractivity contribution in [3.63, 3.8) is 0 Å². The molecule has 3 aliphatic rings. The third kappa shape index (κ3) is 4.72. The molecule has 3 aliphatic heterocycles. The number of halogens is 1. The number of amides is 2. The molecule has 0 aromatic carbocycles. The fourth-order valence-corrected chi connectivity index (χ4v) is 4.84. The first-order valence-electron chi connectivity index (χ1n) is 11.1. The summed E-state index contributed by atoms with van der Waals surface area (Å²) in [6.07, 6.45) is 5.47. The molecule has 0 unspecified atom stereocenters. The topological polar surface area (TPSA) is 66.0 Å². The number of anilines is 1. The quantitative estimate of drug-likeness (QED) is 0.731. The lowest BCUT2D eigenvalue weighted by atomic mass is 9.92. The number of likely N-dealkylation sites (tertiary alicyclic amines) is 1. The maximum Gasteiger partial charge on any atom is 0.255 e. The molecule has 2 amide bonds. The number of aromatic nitrogens is 1. The number of ether oxygens (including phenoxy) is 1. The maximum atomic E-state index is 12.9. The molecule has 3 fully saturated rings. The van der Waals surface area contributed by atoms with Crippen LogP contribution in [0.3, 0.4) is 0 Å². The van der Waals surface area contributed by atoms with Crippen molar-refractivity contribution in [2.75, 3.05) is 57.4 Å². The summed E-state index contributed by atoms with van der Waals surface area (Å²) in [5.41, 5.74) is 0.509. The van der Waals surface area contributed by atoms with Gasteiger partial charge in [-0.3, -0.25) is 9.59 Å². The van der Waals surface area contributed by atoms with Crippen molar-refractivity contribution in [3.05, 3.63) is 22.8 Å². The van der Waals surface area contributed by atoms with E-state index in [9.17, 15) is 9.59 Å². The van der Waals surface area contributed by atoms with Crippen LogP contribution in [0.4, 0.5) is 5.82 Å². The molecule has 0 aliphatic carbocycles. The molecule has 0 radical (unpaired) electrons. The van der Waals surface area contributed by atoms with E-state index in [1.54, 1.807) is 17.2 Å². The predicted molar refractivity (Wildman–Crippen MR) is 116 cm³/mol. The zero-order chi connectivity index (χ0) is 21.1. The summed E-state index contributed by atoms with van der Waals surface area (Å²) in [6, 6.07) is 1.72. The number of rotatable bonds is 3. The van der Waals surface area contributed by atoms with Crippen molar-refractivity contribution in [3.8, 4) is 0 Å². The lowest BCUT2D eigenvalue weighted by Crippen LogP contribution is -2.45. The van der Waals surface area contributed by atoms with Crippen LogP contribution >= 0.6 is 11.6 Å². The van der Waals surface area contributed by atoms with Crippen LogP contribution in [0, 0.1) is 11.8 Å². The van der Waals surface area contributed by atoms with E-state index in [2.05, 4.69) is 21.7 Å². The number of piperidine rings is 2. The molecular weight excluding hydrogens is 404 g/mol. The van der Waals surface area contributed by atoms with Gasteiger partial charge in [-0.25, -0.2) is 4.98 Å². The summed E-state index contributed by atoms with van der Waals surface area (Å²) in [6.45, 7) is 7.87. The van der Waals surface area contributed by atoms with Gasteiger partial charge in [0.15, 0.2) is 0 Å². The molecule has 7 nitrogen and oxygen atoms in total. The van der Waals surface area contributed by atoms with Gasteiger partial charge in [0.25, 0.3) is 5.91 Å². The van der Waals surface area contributed by atoms with Crippen LogP contribution in [0.25, 0.3) is 0 Å². The molecule has 0 bridgehead atoms. The van der Waals surface area contributed by atoms with Gasteiger partial charge in [-0.15, -0.1) is 0 Å². The van der Waals surface area contributed by atoms with Gasteiger partial charge in [0.2, 0.25) is 5.91 Å². The molecule has 1 aromatic heterocycles. The summed E-state index contributed by atoms with van der Waals surface area (Å²) >= 11 is 6.51. The highest BCUT2D eigenvalue weighted by atomic mass is 35.5. The molecule has 0 saturated carbocycles. The number of hydrogen-bond donors (Lipinski definition) is 0. The molecule has 0 N–H and O–H groups in total. The summed E-state index contributed by atoms with van der Waals surface area (Å²) in [4.78, 5) is 36.0. The highest BCUT2D eigenvalue weighted by molar-refractivity contribution is 6.33. The third-order valence-corrected chi connectivity index (χ3v) is 6.88. The highest BCUT2D eigenvalue weighted by Gasteiger charge is 2.31. The molecule has 0 spiro atoms. The van der Waals surface area contributed by atoms with E-state index in [0.29, 0.717) is 48.6 Å². The van der Waals surface area contributed by atoms with Gasteiger partial charge >= 0.3 is 0 Å². The fraction of sp³-hybridized carbons (Fsp3) is 0.682. The Hall–Kier alpha value is -1.86. The summed E-state index contributed by atoms with van der Waals surface area (Å²) in [5, 5.41) is 0.490. The number of pyridine rings is 1. The second-order valence-electron chi connectivity index (χ2n) is 8.70. The Morgan fingerprint density at radius 3 is 2.30 bits per heavy atom. The first-order chi connectivity index (χ1) is 14.5. The standard InChI is InChI=1S/C22H31ClN4O3/c1-16-2-6-26(7-3-16)21(28)17-4-8-25(9-5-17)20-19(23)14-18(15-24-20)22(29)27-10-12-30-13-11-27/h14-17H,2-13H2,1H3. The lowest BCUT2D eigenvalue weighted by Gasteiger charge is -2.37. The Kier molecular flexibility index (Phi) is 6.78. The Labute approximate surface area is 183 Å². The van der Waals surface area contributed by atoms with Gasteiger partial charge in [-0.2, -0.15) is 0 Å². The van der Waals surface area contributed by atoms with Crippen LogP contribution in [-0.2, 0) is 9.53 Å². The Morgan fingerprint density at radius 2 is 1.67 bits per heavy atom. The monoisotopic (exact) mass is 434 g/mol. The van der Waals surface area contributed by atoms with E-state index in [1.165, 1.54) is 0 Å². The Balaban J connectivity index is 1.34. The normalized spacial score (nSPS) is 21.7. The van der Waals surface area contributed by atoms with Crippen molar-refractivity contribution in [1.82, 2.24) is 14.8 Å². The van der Waals surface area contributed by atoms with Crippen LogP contribution in [0.15, 0.2) is 12.3 Å². The fourth-order valence-electron chi connectivity index (χ4n) is 4.55. The van der Waals surface area contributed by atoms with E-state index in [0.717, 1.165) is 57.8 Å². The van der Waals surface area contributed by atoms with Crippen molar-refractivity contribution in [2.45, 2.75) is 32.6 Å². The predicted octanol–water partition coefficient (Wildman–Crippen LogP) is 2.68. The average molecular weight is 435 g/mol. The number of carbonyl (C=O) groups is 2. The van der Waals surface area contributed by atoms with Gasteiger partial charge in [0, 0.05) is 51.4 Å². The van der Waals surface area contributed by atoms with Crippen molar-refractivity contribution in [1.29, 1.82) is 0 Å². The maximum absolute atomic E-state index is 12.9. The van der Waals surface area contributed by atoms with Crippen molar-refractivity contribution < 1.29 is 14.3 Å². The van der Waals surface area contributed by atoms with E-state index in [1.807, 2.05) is 0 Å². The van der Waals surface area contributed by atoms with Crippen LogP contribution in [-0.4, -0.2) is 79.1 Å². The number of nitrogens with zero attached hydrogens (tertiary/aromatic N) is 4. The number of morpholine rings is 1. The Bertz CT molecular complexity index is 768. The van der Waals surface area contributed by atoms with Crippen LogP contribution in [0.5, 0.6) is 0 Å². The van der Waals surface area contributed by atoms with E-state index in [-0.39, 0.29) is 11.8 Å². The minimum Gasteiger partial charge on any atom is -0.378 e. The smallest absolute Gasteiger partial charge is 0.255 e. The summed E-state index contributed by atoms with van der Waals surface area (Å²) in [5.74, 6) is 1.78. The molecule has 0 atom stereocenters. The molecular formula is C22H31ClN4O3. The van der Waals surface area contributed by atoms with Crippen molar-refractivity contribution in [2.24, 2.45) is 11.8 Å². The van der Waals surface area contributed by atoms with Crippen LogP contribution in [0.2, 0.25) is 5.02 Å². The third-order valence-electron chi connectivity index (χ3n) is 6.61. The van der Waals surface area contributed by atoms with E-state index >= 15 is 0 Å². The van der Waals surface area contributed by atoms with Crippen LogP contribution < -0.4 is 4.90 Å². The van der Waals surface area contributed by atoms with Gasteiger partial charge < -0.3 is 19.4 Å². The molecule has 164 valence electrons. The SMILES string of the molecule is CC1CCN(C(=O)C2CCN(c3ncc(C(=O)N4CCOCC4)cc3Cl)CC2)CC1. The van der Waals surface area contributed by atoms with Gasteiger partial charge in [-0.1, -0.05) is 18.5 Å². The van der Waals surface area contributed by atoms with E-state index in [4.69, 9.17) is 16.3 Å². The van der Waals surface area contributed by atoms with Crippen molar-refractivity contribution >= 4 is 29.2 Å². The molecule has 3 saturated heterocycles. The molecule has 4 heterocycles. The first kappa shape index (κ1) is 21.4. The molecule has 4 rings (SSSR count). The highest BCUT2D eigenvalue weighted by Crippen LogP contribution is 2.30. The summed E-state index contributed by atoms with van der Waals surface area (Å²) < 4.78 is 5.31. The summed E-state index contributed by atoms with van der Waals surface area (Å²) in [7, 11) is 0. The number of hydrogen-bond acceptors (Lipinski definition) is 5.